The summed E-state index contributed by atoms with van der Waals surface area (Å²) in [4.78, 5) is 0. The van der Waals surface area contributed by atoms with E-state index in [0.29, 0.717) is 18.1 Å². The third kappa shape index (κ3) is 3.52. The van der Waals surface area contributed by atoms with Crippen LogP contribution in [0.15, 0.2) is 0 Å². The summed E-state index contributed by atoms with van der Waals surface area (Å²) in [6.07, 6.45) is 13.8. The molecule has 4 heteroatoms. The maximum Gasteiger partial charge on any atom is 0.137 e. The SMILES string of the molecule is CC1(C)O[C@@]2([C@@H]3CCC[C@@H](CC4CCC(N)[NH2+]C4)C3)CC[C@H]1[C@H]([NH3+])C2. The van der Waals surface area contributed by atoms with Crippen LogP contribution in [0, 0.1) is 23.7 Å². The van der Waals surface area contributed by atoms with E-state index < -0.39 is 0 Å². The molecule has 2 bridgehead atoms. The van der Waals surface area contributed by atoms with Crippen molar-refractivity contribution in [1.82, 2.24) is 0 Å². The van der Waals surface area contributed by atoms with E-state index in [1.54, 1.807) is 0 Å². The summed E-state index contributed by atoms with van der Waals surface area (Å²) in [6.45, 7) is 5.90. The molecule has 0 aromatic rings. The van der Waals surface area contributed by atoms with Gasteiger partial charge in [0.15, 0.2) is 0 Å². The highest BCUT2D eigenvalue weighted by Gasteiger charge is 2.59. The Morgan fingerprint density at radius 2 is 1.96 bits per heavy atom. The summed E-state index contributed by atoms with van der Waals surface area (Å²) in [5.74, 6) is 3.23. The molecule has 0 aromatic carbocycles. The Kier molecular flexibility index (Phi) is 4.94. The van der Waals surface area contributed by atoms with Gasteiger partial charge in [0.2, 0.25) is 0 Å². The second kappa shape index (κ2) is 6.78. The first-order chi connectivity index (χ1) is 11.9. The number of quaternary nitrogens is 2. The first-order valence-corrected chi connectivity index (χ1v) is 11.0. The van der Waals surface area contributed by atoms with Crippen LogP contribution in [0.3, 0.4) is 0 Å². The molecule has 2 unspecified atom stereocenters. The summed E-state index contributed by atoms with van der Waals surface area (Å²) in [5, 5.41) is 2.37. The lowest BCUT2D eigenvalue weighted by atomic mass is 9.58. The Morgan fingerprint density at radius 1 is 1.12 bits per heavy atom. The van der Waals surface area contributed by atoms with Gasteiger partial charge in [0.1, 0.15) is 6.17 Å². The largest absolute Gasteiger partial charge is 0.368 e. The Labute approximate surface area is 153 Å². The molecular weight excluding hydrogens is 310 g/mol. The zero-order valence-electron chi connectivity index (χ0n) is 16.5. The molecule has 5 rings (SSSR count). The highest BCUT2D eigenvalue weighted by molar-refractivity contribution is 5.07. The number of nitrogens with two attached hydrogens (primary N) is 2. The minimum Gasteiger partial charge on any atom is -0.368 e. The maximum atomic E-state index is 6.86. The highest BCUT2D eigenvalue weighted by atomic mass is 16.5. The molecule has 7 N–H and O–H groups in total. The third-order valence-electron chi connectivity index (χ3n) is 8.29. The third-order valence-corrected chi connectivity index (χ3v) is 8.29. The average Bonchev–Trinajstić information content (AvgIpc) is 2.56. The van der Waals surface area contributed by atoms with E-state index in [1.165, 1.54) is 70.8 Å². The summed E-state index contributed by atoms with van der Waals surface area (Å²) >= 11 is 0. The zero-order valence-corrected chi connectivity index (χ0v) is 16.5. The fraction of sp³-hybridized carbons (Fsp3) is 1.00. The zero-order chi connectivity index (χ0) is 17.7. The minimum absolute atomic E-state index is 0.0321. The van der Waals surface area contributed by atoms with Crippen LogP contribution in [0.2, 0.25) is 0 Å². The Bertz CT molecular complexity index is 474. The smallest absolute Gasteiger partial charge is 0.137 e. The predicted molar refractivity (Wildman–Crippen MR) is 99.5 cm³/mol. The Hall–Kier alpha value is -0.160. The molecule has 4 nitrogen and oxygen atoms in total. The van der Waals surface area contributed by atoms with Crippen molar-refractivity contribution in [3.05, 3.63) is 0 Å². The summed E-state index contributed by atoms with van der Waals surface area (Å²) < 4.78 is 6.86. The van der Waals surface area contributed by atoms with Crippen LogP contribution in [0.5, 0.6) is 0 Å². The van der Waals surface area contributed by atoms with Crippen molar-refractivity contribution in [1.29, 1.82) is 0 Å². The first kappa shape index (κ1) is 18.2. The van der Waals surface area contributed by atoms with Crippen LogP contribution in [0.25, 0.3) is 0 Å². The molecule has 2 aliphatic carbocycles. The first-order valence-electron chi connectivity index (χ1n) is 11.0. The Morgan fingerprint density at radius 3 is 2.64 bits per heavy atom. The molecule has 0 aromatic heterocycles. The monoisotopic (exact) mass is 351 g/mol. The van der Waals surface area contributed by atoms with E-state index in [2.05, 4.69) is 24.9 Å². The van der Waals surface area contributed by atoms with Crippen LogP contribution >= 0.6 is 0 Å². The molecule has 5 aliphatic rings. The van der Waals surface area contributed by atoms with Crippen LogP contribution in [-0.2, 0) is 4.74 Å². The molecule has 3 aliphatic heterocycles. The molecule has 0 spiro atoms. The number of hydrogen-bond donors (Lipinski definition) is 3. The number of piperidine rings is 1. The van der Waals surface area contributed by atoms with Gasteiger partial charge in [-0.25, -0.2) is 0 Å². The molecular formula is C21H41N3O+2. The lowest BCUT2D eigenvalue weighted by Crippen LogP contribution is -2.95. The van der Waals surface area contributed by atoms with Gasteiger partial charge >= 0.3 is 0 Å². The van der Waals surface area contributed by atoms with Gasteiger partial charge in [0, 0.05) is 24.7 Å². The van der Waals surface area contributed by atoms with Crippen LogP contribution in [0.1, 0.15) is 78.1 Å². The highest BCUT2D eigenvalue weighted by Crippen LogP contribution is 2.55. The summed E-state index contributed by atoms with van der Waals surface area (Å²) in [7, 11) is 0. The number of fused-ring (bicyclic) bond motifs is 3. The van der Waals surface area contributed by atoms with Crippen molar-refractivity contribution in [3.8, 4) is 0 Å². The molecule has 25 heavy (non-hydrogen) atoms. The standard InChI is InChI=1S/C21H39N3O/c1-20(2)17-8-9-21(25-20,12-18(17)22)16-5-3-4-14(11-16)10-15-6-7-19(23)24-13-15/h14-19,24H,3-13,22-23H2,1-2H3/p+2/t14-,15?,16+,17-,18+,19?,21-/m0/s1. The van der Waals surface area contributed by atoms with Crippen LogP contribution < -0.4 is 16.8 Å². The topological polar surface area (TPSA) is 79.5 Å². The molecule has 2 saturated carbocycles. The molecule has 3 saturated heterocycles. The molecule has 7 atom stereocenters. The maximum absolute atomic E-state index is 6.86. The van der Waals surface area contributed by atoms with Crippen LogP contribution in [-0.4, -0.2) is 30.0 Å². The van der Waals surface area contributed by atoms with Crippen molar-refractivity contribution in [2.45, 2.75) is 101 Å². The van der Waals surface area contributed by atoms with E-state index in [4.69, 9.17) is 10.5 Å². The minimum atomic E-state index is 0.0321. The number of rotatable bonds is 3. The van der Waals surface area contributed by atoms with Crippen molar-refractivity contribution < 1.29 is 15.8 Å². The Balaban J connectivity index is 1.40. The van der Waals surface area contributed by atoms with Crippen LogP contribution in [0.4, 0.5) is 0 Å². The van der Waals surface area contributed by atoms with Gasteiger partial charge in [-0.05, 0) is 64.2 Å². The van der Waals surface area contributed by atoms with Gasteiger partial charge in [-0.2, -0.15) is 0 Å². The van der Waals surface area contributed by atoms with Crippen molar-refractivity contribution in [3.63, 3.8) is 0 Å². The summed E-state index contributed by atoms with van der Waals surface area (Å²) in [5.41, 5.74) is 10.8. The van der Waals surface area contributed by atoms with Crippen molar-refractivity contribution in [2.75, 3.05) is 6.54 Å². The van der Waals surface area contributed by atoms with Gasteiger partial charge in [0.05, 0.1) is 23.8 Å². The second-order valence-corrected chi connectivity index (χ2v) is 10.4. The van der Waals surface area contributed by atoms with Gasteiger partial charge in [0.25, 0.3) is 0 Å². The summed E-state index contributed by atoms with van der Waals surface area (Å²) in [6, 6.07) is 0.590. The molecule has 0 radical (unpaired) electrons. The lowest BCUT2D eigenvalue weighted by Gasteiger charge is -2.60. The lowest BCUT2D eigenvalue weighted by molar-refractivity contribution is -0.703. The van der Waals surface area contributed by atoms with E-state index in [9.17, 15) is 0 Å². The van der Waals surface area contributed by atoms with Crippen molar-refractivity contribution in [2.24, 2.45) is 29.4 Å². The van der Waals surface area contributed by atoms with Crippen molar-refractivity contribution >= 4 is 0 Å². The van der Waals surface area contributed by atoms with Gasteiger partial charge in [-0.1, -0.05) is 12.8 Å². The second-order valence-electron chi connectivity index (χ2n) is 10.4. The van der Waals surface area contributed by atoms with Gasteiger partial charge < -0.3 is 15.8 Å². The molecule has 3 heterocycles. The normalized spacial score (nSPS) is 49.9. The molecule has 144 valence electrons. The fourth-order valence-corrected chi connectivity index (χ4v) is 7.08. The predicted octanol–water partition coefficient (Wildman–Crippen LogP) is 1.40. The number of ether oxygens (including phenoxy) is 1. The van der Waals surface area contributed by atoms with E-state index in [1.807, 2.05) is 0 Å². The fourth-order valence-electron chi connectivity index (χ4n) is 7.08. The number of hydrogen-bond acceptors (Lipinski definition) is 2. The molecule has 5 fully saturated rings. The quantitative estimate of drug-likeness (QED) is 0.718. The molecule has 0 amide bonds. The van der Waals surface area contributed by atoms with E-state index >= 15 is 0 Å². The van der Waals surface area contributed by atoms with Gasteiger partial charge in [-0.3, -0.25) is 5.73 Å². The van der Waals surface area contributed by atoms with E-state index in [0.717, 1.165) is 17.8 Å². The van der Waals surface area contributed by atoms with E-state index in [-0.39, 0.29) is 11.2 Å². The average molecular weight is 352 g/mol. The van der Waals surface area contributed by atoms with Gasteiger partial charge in [-0.15, -0.1) is 0 Å².